The fourth-order valence-corrected chi connectivity index (χ4v) is 2.66. The van der Waals surface area contributed by atoms with Crippen LogP contribution in [0, 0.1) is 6.92 Å². The molecule has 0 aliphatic rings. The van der Waals surface area contributed by atoms with Gasteiger partial charge in [-0.1, -0.05) is 5.16 Å². The van der Waals surface area contributed by atoms with Crippen molar-refractivity contribution in [3.8, 4) is 0 Å². The first-order valence-electron chi connectivity index (χ1n) is 8.15. The lowest BCUT2D eigenvalue weighted by atomic mass is 10.4. The molecular formula is C16H25N3O6S. The van der Waals surface area contributed by atoms with Crippen LogP contribution in [0.4, 0.5) is 5.82 Å². The molecule has 1 heterocycles. The van der Waals surface area contributed by atoms with Crippen molar-refractivity contribution >= 4 is 35.4 Å². The van der Waals surface area contributed by atoms with E-state index in [-0.39, 0.29) is 37.3 Å². The third-order valence-corrected chi connectivity index (χ3v) is 4.38. The number of nitrogens with zero attached hydrogens (tertiary/aromatic N) is 2. The summed E-state index contributed by atoms with van der Waals surface area (Å²) in [5.74, 6) is -0.0646. The number of rotatable bonds is 11. The highest BCUT2D eigenvalue weighted by Crippen LogP contribution is 2.15. The Labute approximate surface area is 156 Å². The molecule has 0 aliphatic heterocycles. The van der Waals surface area contributed by atoms with E-state index < -0.39 is 11.2 Å². The van der Waals surface area contributed by atoms with Crippen LogP contribution < -0.4 is 5.32 Å². The predicted molar refractivity (Wildman–Crippen MR) is 96.9 cm³/mol. The van der Waals surface area contributed by atoms with Gasteiger partial charge < -0.3 is 24.2 Å². The largest absolute Gasteiger partial charge is 0.465 e. The Balaban J connectivity index is 2.50. The van der Waals surface area contributed by atoms with E-state index in [1.807, 2.05) is 0 Å². The van der Waals surface area contributed by atoms with E-state index in [9.17, 15) is 14.4 Å². The molecule has 0 fully saturated rings. The Hall–Kier alpha value is -2.07. The number of amides is 2. The molecule has 0 saturated carbocycles. The molecule has 1 unspecified atom stereocenters. The van der Waals surface area contributed by atoms with Crippen LogP contribution in [0.3, 0.4) is 0 Å². The third kappa shape index (κ3) is 7.87. The van der Waals surface area contributed by atoms with Gasteiger partial charge >= 0.3 is 5.97 Å². The van der Waals surface area contributed by atoms with Crippen molar-refractivity contribution in [2.75, 3.05) is 44.5 Å². The average molecular weight is 387 g/mol. The fourth-order valence-electron chi connectivity index (χ4n) is 1.87. The highest BCUT2D eigenvalue weighted by atomic mass is 32.2. The maximum Gasteiger partial charge on any atom is 0.325 e. The second-order valence-electron chi connectivity index (χ2n) is 5.38. The molecule has 1 rings (SSSR count). The van der Waals surface area contributed by atoms with Gasteiger partial charge in [0.2, 0.25) is 11.8 Å². The number of ether oxygens (including phenoxy) is 2. The van der Waals surface area contributed by atoms with E-state index in [0.717, 1.165) is 0 Å². The summed E-state index contributed by atoms with van der Waals surface area (Å²) in [4.78, 5) is 37.5. The molecule has 0 saturated heterocycles. The zero-order valence-corrected chi connectivity index (χ0v) is 16.3. The second kappa shape index (κ2) is 11.5. The van der Waals surface area contributed by atoms with Gasteiger partial charge in [-0.3, -0.25) is 14.4 Å². The molecule has 0 aromatic carbocycles. The summed E-state index contributed by atoms with van der Waals surface area (Å²) in [7, 11) is 1.51. The number of hydrogen-bond acceptors (Lipinski definition) is 8. The van der Waals surface area contributed by atoms with Gasteiger partial charge in [-0.2, -0.15) is 0 Å². The van der Waals surface area contributed by atoms with Crippen molar-refractivity contribution in [2.45, 2.75) is 26.0 Å². The Morgan fingerprint density at radius 2 is 2.15 bits per heavy atom. The first-order valence-corrected chi connectivity index (χ1v) is 9.20. The molecule has 1 N–H and O–H groups in total. The number of anilines is 1. The molecule has 1 aromatic rings. The number of carbonyl (C=O) groups excluding carboxylic acids is 3. The second-order valence-corrected chi connectivity index (χ2v) is 6.71. The molecule has 26 heavy (non-hydrogen) atoms. The van der Waals surface area contributed by atoms with E-state index in [4.69, 9.17) is 14.0 Å². The molecule has 2 amide bonds. The van der Waals surface area contributed by atoms with Crippen LogP contribution in [-0.4, -0.2) is 72.3 Å². The topological polar surface area (TPSA) is 111 Å². The number of carbonyl (C=O) groups is 3. The van der Waals surface area contributed by atoms with Crippen LogP contribution in [0.1, 0.15) is 19.6 Å². The number of nitrogens with one attached hydrogen (secondary N) is 1. The van der Waals surface area contributed by atoms with E-state index in [1.165, 1.54) is 23.8 Å². The Kier molecular flexibility index (Phi) is 9.74. The summed E-state index contributed by atoms with van der Waals surface area (Å²) in [5, 5.41) is 5.82. The zero-order chi connectivity index (χ0) is 19.5. The summed E-state index contributed by atoms with van der Waals surface area (Å²) < 4.78 is 14.7. The smallest absolute Gasteiger partial charge is 0.325 e. The van der Waals surface area contributed by atoms with Crippen LogP contribution >= 0.6 is 11.8 Å². The molecule has 9 nitrogen and oxygen atoms in total. The molecule has 1 aromatic heterocycles. The first-order chi connectivity index (χ1) is 12.4. The van der Waals surface area contributed by atoms with Crippen molar-refractivity contribution in [3.05, 3.63) is 11.8 Å². The quantitative estimate of drug-likeness (QED) is 0.562. The lowest BCUT2D eigenvalue weighted by Gasteiger charge is -2.21. The van der Waals surface area contributed by atoms with E-state index in [2.05, 4.69) is 10.5 Å². The summed E-state index contributed by atoms with van der Waals surface area (Å²) in [5.41, 5.74) is 0. The normalized spacial score (nSPS) is 11.7. The van der Waals surface area contributed by atoms with Crippen molar-refractivity contribution in [3.63, 3.8) is 0 Å². The van der Waals surface area contributed by atoms with Gasteiger partial charge in [0.1, 0.15) is 12.3 Å². The molecule has 0 spiro atoms. The maximum atomic E-state index is 12.4. The maximum absolute atomic E-state index is 12.4. The lowest BCUT2D eigenvalue weighted by Crippen LogP contribution is -2.40. The standard InChI is InChI=1S/C16H25N3O6S/c1-5-24-15(21)9-19(6-7-23-4)14(20)10-26-12(3)16(22)17-13-8-11(2)25-18-13/h8,12H,5-7,9-10H2,1-4H3,(H,17,18,22). The lowest BCUT2D eigenvalue weighted by molar-refractivity contribution is -0.148. The monoisotopic (exact) mass is 387 g/mol. The number of esters is 1. The van der Waals surface area contributed by atoms with E-state index in [1.54, 1.807) is 26.8 Å². The SMILES string of the molecule is CCOC(=O)CN(CCOC)C(=O)CSC(C)C(=O)Nc1cc(C)on1. The van der Waals surface area contributed by atoms with Crippen molar-refractivity contribution in [2.24, 2.45) is 0 Å². The van der Waals surface area contributed by atoms with Gasteiger partial charge in [0.15, 0.2) is 5.82 Å². The molecular weight excluding hydrogens is 362 g/mol. The van der Waals surface area contributed by atoms with Crippen molar-refractivity contribution in [1.82, 2.24) is 10.1 Å². The molecule has 1 atom stereocenters. The number of thioether (sulfide) groups is 1. The molecule has 0 aliphatic carbocycles. The number of aromatic nitrogens is 1. The predicted octanol–water partition coefficient (Wildman–Crippen LogP) is 1.08. The number of hydrogen-bond donors (Lipinski definition) is 1. The molecule has 146 valence electrons. The van der Waals surface area contributed by atoms with Crippen LogP contribution in [0.5, 0.6) is 0 Å². The summed E-state index contributed by atoms with van der Waals surface area (Å²) in [6.07, 6.45) is 0. The van der Waals surface area contributed by atoms with Crippen LogP contribution in [0.25, 0.3) is 0 Å². The van der Waals surface area contributed by atoms with Gasteiger partial charge in [-0.25, -0.2) is 0 Å². The highest BCUT2D eigenvalue weighted by Gasteiger charge is 2.21. The third-order valence-electron chi connectivity index (χ3n) is 3.25. The van der Waals surface area contributed by atoms with Crippen molar-refractivity contribution < 1.29 is 28.4 Å². The Morgan fingerprint density at radius 3 is 2.73 bits per heavy atom. The van der Waals surface area contributed by atoms with E-state index >= 15 is 0 Å². The minimum absolute atomic E-state index is 0.0511. The van der Waals surface area contributed by atoms with E-state index in [0.29, 0.717) is 18.2 Å². The fraction of sp³-hybridized carbons (Fsp3) is 0.625. The zero-order valence-electron chi connectivity index (χ0n) is 15.4. The minimum atomic E-state index is -0.483. The van der Waals surface area contributed by atoms with Crippen molar-refractivity contribution in [1.29, 1.82) is 0 Å². The molecule has 0 radical (unpaired) electrons. The first kappa shape index (κ1) is 22.0. The Morgan fingerprint density at radius 1 is 1.42 bits per heavy atom. The number of aryl methyl sites for hydroxylation is 1. The summed E-state index contributed by atoms with van der Waals surface area (Å²) >= 11 is 1.17. The molecule has 10 heteroatoms. The van der Waals surface area contributed by atoms with Gasteiger partial charge in [-0.05, 0) is 20.8 Å². The molecule has 0 bridgehead atoms. The summed E-state index contributed by atoms with van der Waals surface area (Å²) in [6, 6.07) is 1.60. The van der Waals surface area contributed by atoms with Gasteiger partial charge in [0.25, 0.3) is 0 Å². The van der Waals surface area contributed by atoms with Gasteiger partial charge in [-0.15, -0.1) is 11.8 Å². The summed E-state index contributed by atoms with van der Waals surface area (Å²) in [6.45, 7) is 5.79. The minimum Gasteiger partial charge on any atom is -0.465 e. The number of methoxy groups -OCH3 is 1. The van der Waals surface area contributed by atoms with Gasteiger partial charge in [0.05, 0.1) is 24.2 Å². The van der Waals surface area contributed by atoms with Crippen LogP contribution in [-0.2, 0) is 23.9 Å². The van der Waals surface area contributed by atoms with Crippen LogP contribution in [0.2, 0.25) is 0 Å². The Bertz CT molecular complexity index is 607. The average Bonchev–Trinajstić information content (AvgIpc) is 3.01. The highest BCUT2D eigenvalue weighted by molar-refractivity contribution is 8.01. The van der Waals surface area contributed by atoms with Gasteiger partial charge in [0, 0.05) is 19.7 Å². The van der Waals surface area contributed by atoms with Crippen LogP contribution in [0.15, 0.2) is 10.6 Å².